The van der Waals surface area contributed by atoms with Crippen molar-refractivity contribution in [2.75, 3.05) is 13.2 Å². The SMILES string of the molecule is NC1(c2nc3ccccc3s2)CCOC1. The molecule has 2 N–H and O–H groups in total. The number of thiazole rings is 1. The molecule has 2 aromatic rings. The van der Waals surface area contributed by atoms with Gasteiger partial charge < -0.3 is 10.5 Å². The second-order valence-corrected chi connectivity index (χ2v) is 4.98. The Morgan fingerprint density at radius 3 is 3.00 bits per heavy atom. The Bertz CT molecular complexity index is 455. The third kappa shape index (κ3) is 1.45. The highest BCUT2D eigenvalue weighted by Gasteiger charge is 2.35. The summed E-state index contributed by atoms with van der Waals surface area (Å²) in [5.74, 6) is 0. The summed E-state index contributed by atoms with van der Waals surface area (Å²) in [4.78, 5) is 4.58. The minimum atomic E-state index is -0.357. The molecular formula is C11H12N2OS. The van der Waals surface area contributed by atoms with E-state index in [0.717, 1.165) is 23.6 Å². The monoisotopic (exact) mass is 220 g/mol. The van der Waals surface area contributed by atoms with Crippen LogP contribution in [0.1, 0.15) is 11.4 Å². The molecule has 0 aliphatic carbocycles. The van der Waals surface area contributed by atoms with Crippen LogP contribution in [-0.4, -0.2) is 18.2 Å². The molecule has 0 amide bonds. The largest absolute Gasteiger partial charge is 0.379 e. The van der Waals surface area contributed by atoms with Crippen LogP contribution in [0.5, 0.6) is 0 Å². The molecule has 0 saturated carbocycles. The zero-order valence-corrected chi connectivity index (χ0v) is 9.09. The molecule has 0 spiro atoms. The van der Waals surface area contributed by atoms with Crippen molar-refractivity contribution in [1.29, 1.82) is 0 Å². The number of benzene rings is 1. The van der Waals surface area contributed by atoms with Crippen LogP contribution in [0.25, 0.3) is 10.2 Å². The van der Waals surface area contributed by atoms with Crippen molar-refractivity contribution < 1.29 is 4.74 Å². The van der Waals surface area contributed by atoms with Gasteiger partial charge in [-0.2, -0.15) is 0 Å². The van der Waals surface area contributed by atoms with Gasteiger partial charge in [-0.05, 0) is 18.6 Å². The topological polar surface area (TPSA) is 48.1 Å². The molecule has 1 unspecified atom stereocenters. The predicted molar refractivity (Wildman–Crippen MR) is 60.9 cm³/mol. The molecule has 4 heteroatoms. The zero-order valence-electron chi connectivity index (χ0n) is 8.27. The summed E-state index contributed by atoms with van der Waals surface area (Å²) in [7, 11) is 0. The Hall–Kier alpha value is -0.970. The molecule has 1 atom stereocenters. The third-order valence-electron chi connectivity index (χ3n) is 2.77. The van der Waals surface area contributed by atoms with Crippen molar-refractivity contribution in [1.82, 2.24) is 4.98 Å². The summed E-state index contributed by atoms with van der Waals surface area (Å²) in [6.07, 6.45) is 0.868. The molecule has 78 valence electrons. The Morgan fingerprint density at radius 2 is 2.27 bits per heavy atom. The number of nitrogens with two attached hydrogens (primary N) is 1. The number of nitrogens with zero attached hydrogens (tertiary/aromatic N) is 1. The van der Waals surface area contributed by atoms with Crippen LogP contribution in [0, 0.1) is 0 Å². The van der Waals surface area contributed by atoms with Crippen LogP contribution in [0.3, 0.4) is 0 Å². The molecule has 0 bridgehead atoms. The average molecular weight is 220 g/mol. The zero-order chi connectivity index (χ0) is 10.3. The van der Waals surface area contributed by atoms with Gasteiger partial charge in [-0.25, -0.2) is 4.98 Å². The fraction of sp³-hybridized carbons (Fsp3) is 0.364. The lowest BCUT2D eigenvalue weighted by atomic mass is 10.0. The summed E-state index contributed by atoms with van der Waals surface area (Å²) in [5, 5.41) is 1.00. The van der Waals surface area contributed by atoms with E-state index in [0.29, 0.717) is 6.61 Å². The minimum absolute atomic E-state index is 0.357. The molecule has 1 aliphatic heterocycles. The van der Waals surface area contributed by atoms with E-state index in [4.69, 9.17) is 10.5 Å². The van der Waals surface area contributed by atoms with Gasteiger partial charge in [0.15, 0.2) is 0 Å². The second-order valence-electron chi connectivity index (χ2n) is 3.95. The molecule has 1 fully saturated rings. The lowest BCUT2D eigenvalue weighted by Gasteiger charge is -2.17. The van der Waals surface area contributed by atoms with Crippen LogP contribution in [0.2, 0.25) is 0 Å². The van der Waals surface area contributed by atoms with Gasteiger partial charge in [0.05, 0.1) is 22.4 Å². The average Bonchev–Trinajstić information content (AvgIpc) is 2.84. The number of para-hydroxylation sites is 1. The van der Waals surface area contributed by atoms with E-state index in [1.54, 1.807) is 11.3 Å². The predicted octanol–water partition coefficient (Wildman–Crippen LogP) is 1.87. The highest BCUT2D eigenvalue weighted by molar-refractivity contribution is 7.18. The first kappa shape index (κ1) is 9.27. The summed E-state index contributed by atoms with van der Waals surface area (Å²) >= 11 is 1.68. The minimum Gasteiger partial charge on any atom is -0.379 e. The lowest BCUT2D eigenvalue weighted by molar-refractivity contribution is 0.178. The number of aromatic nitrogens is 1. The first-order valence-corrected chi connectivity index (χ1v) is 5.82. The Kier molecular flexibility index (Phi) is 2.02. The van der Waals surface area contributed by atoms with Crippen molar-refractivity contribution in [3.8, 4) is 0 Å². The van der Waals surface area contributed by atoms with E-state index in [9.17, 15) is 0 Å². The lowest BCUT2D eigenvalue weighted by Crippen LogP contribution is -2.36. The highest BCUT2D eigenvalue weighted by Crippen LogP contribution is 2.33. The van der Waals surface area contributed by atoms with Crippen LogP contribution in [0.15, 0.2) is 24.3 Å². The van der Waals surface area contributed by atoms with Crippen molar-refractivity contribution in [2.24, 2.45) is 5.73 Å². The van der Waals surface area contributed by atoms with E-state index in [1.165, 1.54) is 4.70 Å². The molecule has 2 heterocycles. The molecule has 1 aliphatic rings. The Labute approximate surface area is 91.9 Å². The van der Waals surface area contributed by atoms with E-state index < -0.39 is 0 Å². The maximum atomic E-state index is 6.27. The second kappa shape index (κ2) is 3.27. The van der Waals surface area contributed by atoms with Crippen molar-refractivity contribution in [3.63, 3.8) is 0 Å². The van der Waals surface area contributed by atoms with Crippen molar-refractivity contribution >= 4 is 21.6 Å². The van der Waals surface area contributed by atoms with Crippen LogP contribution in [0.4, 0.5) is 0 Å². The number of hydrogen-bond acceptors (Lipinski definition) is 4. The number of ether oxygens (including phenoxy) is 1. The van der Waals surface area contributed by atoms with E-state index in [1.807, 2.05) is 18.2 Å². The maximum Gasteiger partial charge on any atom is 0.116 e. The van der Waals surface area contributed by atoms with Gasteiger partial charge in [0.25, 0.3) is 0 Å². The Balaban J connectivity index is 2.11. The van der Waals surface area contributed by atoms with Crippen LogP contribution in [-0.2, 0) is 10.3 Å². The van der Waals surface area contributed by atoms with Gasteiger partial charge in [0.1, 0.15) is 5.01 Å². The summed E-state index contributed by atoms with van der Waals surface area (Å²) in [6.45, 7) is 1.33. The van der Waals surface area contributed by atoms with Gasteiger partial charge >= 0.3 is 0 Å². The van der Waals surface area contributed by atoms with Gasteiger partial charge in [0, 0.05) is 6.61 Å². The van der Waals surface area contributed by atoms with Crippen LogP contribution >= 0.6 is 11.3 Å². The third-order valence-corrected chi connectivity index (χ3v) is 4.03. The van der Waals surface area contributed by atoms with Gasteiger partial charge in [-0.1, -0.05) is 12.1 Å². The molecular weight excluding hydrogens is 208 g/mol. The van der Waals surface area contributed by atoms with Gasteiger partial charge in [-0.3, -0.25) is 0 Å². The fourth-order valence-corrected chi connectivity index (χ4v) is 2.92. The van der Waals surface area contributed by atoms with Crippen molar-refractivity contribution in [2.45, 2.75) is 12.0 Å². The standard InChI is InChI=1S/C11H12N2OS/c12-11(5-6-14-7-11)10-13-8-3-1-2-4-9(8)15-10/h1-4H,5-7,12H2. The number of fused-ring (bicyclic) bond motifs is 1. The van der Waals surface area contributed by atoms with Gasteiger partial charge in [0.2, 0.25) is 0 Å². The van der Waals surface area contributed by atoms with Gasteiger partial charge in [-0.15, -0.1) is 11.3 Å². The number of hydrogen-bond donors (Lipinski definition) is 1. The fourth-order valence-electron chi connectivity index (χ4n) is 1.83. The summed E-state index contributed by atoms with van der Waals surface area (Å²) < 4.78 is 6.55. The molecule has 1 saturated heterocycles. The first-order chi connectivity index (χ1) is 7.28. The molecule has 0 radical (unpaired) electrons. The summed E-state index contributed by atoms with van der Waals surface area (Å²) in [6, 6.07) is 8.13. The molecule has 1 aromatic heterocycles. The van der Waals surface area contributed by atoms with Crippen LogP contribution < -0.4 is 5.73 Å². The molecule has 15 heavy (non-hydrogen) atoms. The summed E-state index contributed by atoms with van der Waals surface area (Å²) in [5.41, 5.74) is 6.95. The maximum absolute atomic E-state index is 6.27. The molecule has 1 aromatic carbocycles. The normalized spacial score (nSPS) is 26.2. The van der Waals surface area contributed by atoms with E-state index >= 15 is 0 Å². The Morgan fingerprint density at radius 1 is 1.40 bits per heavy atom. The van der Waals surface area contributed by atoms with E-state index in [-0.39, 0.29) is 5.54 Å². The smallest absolute Gasteiger partial charge is 0.116 e. The molecule has 3 rings (SSSR count). The van der Waals surface area contributed by atoms with Crippen molar-refractivity contribution in [3.05, 3.63) is 29.3 Å². The quantitative estimate of drug-likeness (QED) is 0.798. The first-order valence-electron chi connectivity index (χ1n) is 5.01. The van der Waals surface area contributed by atoms with E-state index in [2.05, 4.69) is 11.1 Å². The molecule has 3 nitrogen and oxygen atoms in total. The highest BCUT2D eigenvalue weighted by atomic mass is 32.1. The number of rotatable bonds is 1.